The lowest BCUT2D eigenvalue weighted by Gasteiger charge is -2.26. The van der Waals surface area contributed by atoms with Crippen LogP contribution in [0, 0.1) is 0 Å². The molecule has 1 N–H and O–H groups in total. The zero-order chi connectivity index (χ0) is 12.9. The minimum Gasteiger partial charge on any atom is -0.314 e. The molecule has 1 rings (SSSR count). The lowest BCUT2D eigenvalue weighted by molar-refractivity contribution is 0.295. The number of hydrogen-bond donors (Lipinski definition) is 1. The molecule has 0 atom stereocenters. The van der Waals surface area contributed by atoms with E-state index in [0.717, 1.165) is 6.54 Å². The second-order valence-corrected chi connectivity index (χ2v) is 8.94. The Morgan fingerprint density at radius 3 is 2.29 bits per heavy atom. The van der Waals surface area contributed by atoms with Crippen LogP contribution in [0.25, 0.3) is 0 Å². The van der Waals surface area contributed by atoms with Crippen molar-refractivity contribution in [3.8, 4) is 0 Å². The van der Waals surface area contributed by atoms with Crippen molar-refractivity contribution in [1.82, 2.24) is 10.2 Å². The first-order chi connectivity index (χ1) is 7.79. The van der Waals surface area contributed by atoms with Crippen LogP contribution in [0.2, 0.25) is 0 Å². The van der Waals surface area contributed by atoms with Crippen molar-refractivity contribution in [3.05, 3.63) is 0 Å². The maximum atomic E-state index is 11.2. The van der Waals surface area contributed by atoms with Crippen LogP contribution in [0.15, 0.2) is 0 Å². The Labute approximate surface area is 103 Å². The van der Waals surface area contributed by atoms with Crippen LogP contribution >= 0.6 is 0 Å². The highest BCUT2D eigenvalue weighted by Gasteiger charge is 2.20. The minimum absolute atomic E-state index is 0.140. The van der Waals surface area contributed by atoms with Crippen LogP contribution < -0.4 is 5.32 Å². The summed E-state index contributed by atoms with van der Waals surface area (Å²) in [5.41, 5.74) is 0. The molecule has 102 valence electrons. The van der Waals surface area contributed by atoms with E-state index in [1.807, 2.05) is 0 Å². The maximum absolute atomic E-state index is 11.2. The number of rotatable bonds is 6. The van der Waals surface area contributed by atoms with E-state index in [2.05, 4.69) is 10.2 Å². The molecule has 0 aromatic carbocycles. The topological polar surface area (TPSA) is 83.6 Å². The van der Waals surface area contributed by atoms with Crippen molar-refractivity contribution in [1.29, 1.82) is 0 Å². The Morgan fingerprint density at radius 2 is 1.76 bits per heavy atom. The third-order valence-corrected chi connectivity index (χ3v) is 5.25. The Bertz CT molecular complexity index is 416. The van der Waals surface area contributed by atoms with Gasteiger partial charge in [-0.2, -0.15) is 0 Å². The molecule has 1 heterocycles. The van der Waals surface area contributed by atoms with Gasteiger partial charge in [0.1, 0.15) is 9.84 Å². The predicted octanol–water partition coefficient (Wildman–Crippen LogP) is -1.65. The third-order valence-electron chi connectivity index (χ3n) is 2.69. The highest BCUT2D eigenvalue weighted by molar-refractivity contribution is 7.91. The molecule has 0 saturated carbocycles. The molecule has 0 spiro atoms. The zero-order valence-corrected chi connectivity index (χ0v) is 11.7. The first kappa shape index (κ1) is 14.9. The number of nitrogens with one attached hydrogen (secondary N) is 1. The quantitative estimate of drug-likeness (QED) is 0.589. The van der Waals surface area contributed by atoms with E-state index >= 15 is 0 Å². The Morgan fingerprint density at radius 1 is 1.18 bits per heavy atom. The first-order valence-corrected chi connectivity index (χ1v) is 9.48. The van der Waals surface area contributed by atoms with E-state index in [0.29, 0.717) is 26.2 Å². The molecule has 1 fully saturated rings. The van der Waals surface area contributed by atoms with E-state index in [-0.39, 0.29) is 17.3 Å². The molecule has 1 aliphatic rings. The van der Waals surface area contributed by atoms with Crippen molar-refractivity contribution < 1.29 is 16.8 Å². The van der Waals surface area contributed by atoms with Gasteiger partial charge in [0.25, 0.3) is 0 Å². The van der Waals surface area contributed by atoms with E-state index < -0.39 is 19.7 Å². The van der Waals surface area contributed by atoms with Gasteiger partial charge in [0.2, 0.25) is 0 Å². The van der Waals surface area contributed by atoms with Gasteiger partial charge in [-0.25, -0.2) is 16.8 Å². The summed E-state index contributed by atoms with van der Waals surface area (Å²) in [5, 5.41) is 3.04. The summed E-state index contributed by atoms with van der Waals surface area (Å²) < 4.78 is 44.0. The van der Waals surface area contributed by atoms with E-state index in [4.69, 9.17) is 0 Å². The molecule has 0 amide bonds. The van der Waals surface area contributed by atoms with Crippen LogP contribution in [0.5, 0.6) is 0 Å². The lowest BCUT2D eigenvalue weighted by Crippen LogP contribution is -2.43. The molecular weight excluding hydrogens is 264 g/mol. The van der Waals surface area contributed by atoms with Crippen LogP contribution in [-0.4, -0.2) is 78.0 Å². The molecular formula is C9H20N2O4S2. The van der Waals surface area contributed by atoms with E-state index in [1.54, 1.807) is 0 Å². The number of nitrogens with zero attached hydrogens (tertiary/aromatic N) is 1. The predicted molar refractivity (Wildman–Crippen MR) is 67.7 cm³/mol. The van der Waals surface area contributed by atoms with Gasteiger partial charge < -0.3 is 10.2 Å². The second kappa shape index (κ2) is 6.12. The number of sulfone groups is 2. The summed E-state index contributed by atoms with van der Waals surface area (Å²) in [4.78, 5) is 2.08. The average Bonchev–Trinajstić information content (AvgIpc) is 2.18. The molecule has 0 aliphatic carbocycles. The van der Waals surface area contributed by atoms with Gasteiger partial charge in [-0.1, -0.05) is 0 Å². The fraction of sp³-hybridized carbons (Fsp3) is 1.00. The van der Waals surface area contributed by atoms with Gasteiger partial charge in [-0.3, -0.25) is 0 Å². The summed E-state index contributed by atoms with van der Waals surface area (Å²) >= 11 is 0. The van der Waals surface area contributed by atoms with Crippen LogP contribution in [0.3, 0.4) is 0 Å². The molecule has 6 nitrogen and oxygen atoms in total. The molecule has 1 aliphatic heterocycles. The van der Waals surface area contributed by atoms with Gasteiger partial charge in [0.15, 0.2) is 9.84 Å². The van der Waals surface area contributed by atoms with Gasteiger partial charge in [0.05, 0.1) is 17.3 Å². The smallest absolute Gasteiger partial charge is 0.152 e. The molecule has 8 heteroatoms. The molecule has 0 bridgehead atoms. The Balaban J connectivity index is 2.09. The van der Waals surface area contributed by atoms with Gasteiger partial charge >= 0.3 is 0 Å². The van der Waals surface area contributed by atoms with Crippen LogP contribution in [0.1, 0.15) is 0 Å². The summed E-state index contributed by atoms with van der Waals surface area (Å²) in [6, 6.07) is 0. The van der Waals surface area contributed by atoms with Crippen LogP contribution in [0.4, 0.5) is 0 Å². The standard InChI is InChI=1S/C9H20N2O4S2/c1-16(12,13)7-3-10-2-4-11-5-8-17(14,15)9-6-11/h10H,2-9H2,1H3. The highest BCUT2D eigenvalue weighted by Crippen LogP contribution is 2.02. The monoisotopic (exact) mass is 284 g/mol. The van der Waals surface area contributed by atoms with E-state index in [1.165, 1.54) is 6.26 Å². The Kier molecular flexibility index (Phi) is 5.36. The lowest BCUT2D eigenvalue weighted by atomic mass is 10.4. The van der Waals surface area contributed by atoms with Crippen molar-refractivity contribution >= 4 is 19.7 Å². The normalized spacial score (nSPS) is 21.5. The molecule has 17 heavy (non-hydrogen) atoms. The average molecular weight is 284 g/mol. The maximum Gasteiger partial charge on any atom is 0.152 e. The van der Waals surface area contributed by atoms with Gasteiger partial charge in [-0.05, 0) is 0 Å². The largest absolute Gasteiger partial charge is 0.314 e. The van der Waals surface area contributed by atoms with Crippen molar-refractivity contribution in [3.63, 3.8) is 0 Å². The first-order valence-electron chi connectivity index (χ1n) is 5.60. The number of hydrogen-bond acceptors (Lipinski definition) is 6. The SMILES string of the molecule is CS(=O)(=O)CCNCCN1CCS(=O)(=O)CC1. The fourth-order valence-corrected chi connectivity index (χ4v) is 3.39. The van der Waals surface area contributed by atoms with Gasteiger partial charge in [0, 0.05) is 39.0 Å². The summed E-state index contributed by atoms with van der Waals surface area (Å²) in [6.45, 7) is 3.06. The van der Waals surface area contributed by atoms with Gasteiger partial charge in [-0.15, -0.1) is 0 Å². The van der Waals surface area contributed by atoms with Crippen LogP contribution in [-0.2, 0) is 19.7 Å². The highest BCUT2D eigenvalue weighted by atomic mass is 32.2. The van der Waals surface area contributed by atoms with Crippen molar-refractivity contribution in [2.24, 2.45) is 0 Å². The van der Waals surface area contributed by atoms with E-state index in [9.17, 15) is 16.8 Å². The molecule has 0 aromatic heterocycles. The molecule has 1 saturated heterocycles. The summed E-state index contributed by atoms with van der Waals surface area (Å²) in [7, 11) is -5.71. The summed E-state index contributed by atoms with van der Waals surface area (Å²) in [6.07, 6.45) is 1.21. The fourth-order valence-electron chi connectivity index (χ4n) is 1.59. The summed E-state index contributed by atoms with van der Waals surface area (Å²) in [5.74, 6) is 0.605. The minimum atomic E-state index is -2.90. The Hall–Kier alpha value is -0.180. The molecule has 0 radical (unpaired) electrons. The molecule has 0 unspecified atom stereocenters. The van der Waals surface area contributed by atoms with Crippen molar-refractivity contribution in [2.75, 3.05) is 56.2 Å². The zero-order valence-electron chi connectivity index (χ0n) is 10.1. The second-order valence-electron chi connectivity index (χ2n) is 4.37. The molecule has 0 aromatic rings. The van der Waals surface area contributed by atoms with Crippen molar-refractivity contribution in [2.45, 2.75) is 0 Å². The third kappa shape index (κ3) is 6.97.